The number of ketones is 1. The van der Waals surface area contributed by atoms with Crippen molar-refractivity contribution in [3.8, 4) is 5.75 Å². The van der Waals surface area contributed by atoms with Crippen LogP contribution in [0.1, 0.15) is 15.9 Å². The van der Waals surface area contributed by atoms with Gasteiger partial charge in [-0.05, 0) is 34.5 Å². The summed E-state index contributed by atoms with van der Waals surface area (Å²) in [6.45, 7) is 1.22. The fraction of sp³-hybridized carbons (Fsp3) is 0.111. The number of carbonyl (C=O) groups is 2. The molecule has 80 valence electrons. The highest BCUT2D eigenvalue weighted by Crippen LogP contribution is 2.32. The Morgan fingerprint density at radius 1 is 1.47 bits per heavy atom. The number of halogens is 2. The number of Topliss-reactive ketones (excluding diaryl/α,β-unsaturated/α-hetero) is 1. The van der Waals surface area contributed by atoms with Crippen LogP contribution in [-0.2, 0) is 4.79 Å². The van der Waals surface area contributed by atoms with E-state index in [1.807, 2.05) is 0 Å². The summed E-state index contributed by atoms with van der Waals surface area (Å²) in [7, 11) is 0. The number of phenols is 1. The molecule has 1 rings (SSSR count). The largest absolute Gasteiger partial charge is 0.506 e. The Hall–Kier alpha value is -1.43. The summed E-state index contributed by atoms with van der Waals surface area (Å²) in [6.07, 6.45) is 0. The first-order valence-corrected chi connectivity index (χ1v) is 4.60. The first-order chi connectivity index (χ1) is 6.86. The van der Waals surface area contributed by atoms with E-state index in [9.17, 15) is 19.1 Å². The molecule has 0 saturated heterocycles. The van der Waals surface area contributed by atoms with E-state index in [1.165, 1.54) is 6.92 Å². The highest BCUT2D eigenvalue weighted by atomic mass is 79.9. The van der Waals surface area contributed by atoms with Gasteiger partial charge in [0.1, 0.15) is 11.6 Å². The number of aromatic hydroxyl groups is 1. The second-order valence-corrected chi connectivity index (χ2v) is 3.68. The summed E-state index contributed by atoms with van der Waals surface area (Å²) < 4.78 is 13.1. The second-order valence-electron chi connectivity index (χ2n) is 2.82. The lowest BCUT2D eigenvalue weighted by molar-refractivity contribution is -0.131. The Bertz CT molecular complexity index is 430. The lowest BCUT2D eigenvalue weighted by atomic mass is 10.0. The predicted molar refractivity (Wildman–Crippen MR) is 52.5 cm³/mol. The van der Waals surface area contributed by atoms with Gasteiger partial charge in [-0.3, -0.25) is 4.79 Å². The summed E-state index contributed by atoms with van der Waals surface area (Å²) >= 11 is 2.81. The van der Waals surface area contributed by atoms with Crippen molar-refractivity contribution in [3.05, 3.63) is 27.5 Å². The van der Waals surface area contributed by atoms with Crippen LogP contribution < -0.4 is 0 Å². The van der Waals surface area contributed by atoms with Crippen molar-refractivity contribution >= 4 is 27.7 Å². The fourth-order valence-corrected chi connectivity index (χ4v) is 1.49. The first-order valence-electron chi connectivity index (χ1n) is 3.81. The normalized spacial score (nSPS) is 10.1. The Labute approximate surface area is 92.5 Å². The van der Waals surface area contributed by atoms with Gasteiger partial charge in [0.05, 0.1) is 10.0 Å². The number of hydrogen-bond donors (Lipinski definition) is 2. The molecule has 0 aliphatic rings. The minimum atomic E-state index is -1.74. The molecule has 1 aromatic carbocycles. The van der Waals surface area contributed by atoms with Crippen LogP contribution in [0.2, 0.25) is 0 Å². The highest BCUT2D eigenvalue weighted by Gasteiger charge is 2.24. The van der Waals surface area contributed by atoms with Gasteiger partial charge in [0.2, 0.25) is 0 Å². The molecule has 1 aromatic rings. The number of carboxylic acid groups (broad SMARTS) is 1. The van der Waals surface area contributed by atoms with Crippen molar-refractivity contribution < 1.29 is 24.2 Å². The van der Waals surface area contributed by atoms with Crippen LogP contribution in [0.4, 0.5) is 4.39 Å². The van der Waals surface area contributed by atoms with Gasteiger partial charge in [-0.1, -0.05) is 0 Å². The molecule has 2 N–H and O–H groups in total. The van der Waals surface area contributed by atoms with E-state index in [0.717, 1.165) is 6.07 Å². The molecule has 0 aliphatic heterocycles. The molecule has 0 heterocycles. The Morgan fingerprint density at radius 3 is 2.47 bits per heavy atom. The average Bonchev–Trinajstić information content (AvgIpc) is 2.15. The molecule has 0 spiro atoms. The highest BCUT2D eigenvalue weighted by molar-refractivity contribution is 9.10. The zero-order valence-corrected chi connectivity index (χ0v) is 9.13. The molecule has 0 bridgehead atoms. The van der Waals surface area contributed by atoms with Gasteiger partial charge < -0.3 is 10.2 Å². The summed E-state index contributed by atoms with van der Waals surface area (Å²) in [5, 5.41) is 17.9. The maximum absolute atomic E-state index is 13.2. The lowest BCUT2D eigenvalue weighted by Gasteiger charge is -2.07. The fourth-order valence-electron chi connectivity index (χ4n) is 1.09. The van der Waals surface area contributed by atoms with Crippen LogP contribution >= 0.6 is 15.9 Å². The van der Waals surface area contributed by atoms with E-state index in [2.05, 4.69) is 15.9 Å². The van der Waals surface area contributed by atoms with Crippen molar-refractivity contribution in [2.45, 2.75) is 6.92 Å². The van der Waals surface area contributed by atoms with Crippen molar-refractivity contribution in [1.82, 2.24) is 0 Å². The maximum Gasteiger partial charge on any atom is 0.377 e. The molecule has 0 atom stereocenters. The van der Waals surface area contributed by atoms with Crippen LogP contribution in [0.25, 0.3) is 0 Å². The van der Waals surface area contributed by atoms with E-state index in [1.54, 1.807) is 0 Å². The van der Waals surface area contributed by atoms with Gasteiger partial charge in [-0.25, -0.2) is 9.18 Å². The van der Waals surface area contributed by atoms with Crippen molar-refractivity contribution in [2.24, 2.45) is 0 Å². The monoisotopic (exact) mass is 276 g/mol. The molecule has 0 amide bonds. The Balaban J connectivity index is 3.53. The molecule has 0 aliphatic carbocycles. The van der Waals surface area contributed by atoms with Crippen LogP contribution in [0.5, 0.6) is 5.75 Å². The van der Waals surface area contributed by atoms with Crippen LogP contribution in [0, 0.1) is 12.7 Å². The van der Waals surface area contributed by atoms with E-state index < -0.39 is 28.9 Å². The van der Waals surface area contributed by atoms with Crippen LogP contribution in [0.15, 0.2) is 10.5 Å². The second kappa shape index (κ2) is 3.98. The van der Waals surface area contributed by atoms with Crippen molar-refractivity contribution in [2.75, 3.05) is 0 Å². The van der Waals surface area contributed by atoms with Gasteiger partial charge in [-0.15, -0.1) is 0 Å². The molecule has 0 saturated carbocycles. The molecular weight excluding hydrogens is 271 g/mol. The zero-order valence-electron chi connectivity index (χ0n) is 7.54. The lowest BCUT2D eigenvalue weighted by Crippen LogP contribution is -2.15. The smallest absolute Gasteiger partial charge is 0.377 e. The summed E-state index contributed by atoms with van der Waals surface area (Å²) in [6, 6.07) is 0.962. The van der Waals surface area contributed by atoms with E-state index in [4.69, 9.17) is 5.11 Å². The molecule has 0 aromatic heterocycles. The molecule has 4 nitrogen and oxygen atoms in total. The predicted octanol–water partition coefficient (Wildman–Crippen LogP) is 1.87. The number of rotatable bonds is 2. The first kappa shape index (κ1) is 11.6. The standard InChI is InChI=1S/C9H6BrFO4/c1-3-5(11)2-4(10)7(12)6(3)8(13)9(14)15/h2,12H,1H3,(H,14,15). The molecule has 0 radical (unpaired) electrons. The average molecular weight is 277 g/mol. The Morgan fingerprint density at radius 2 is 2.00 bits per heavy atom. The minimum Gasteiger partial charge on any atom is -0.506 e. The van der Waals surface area contributed by atoms with Gasteiger partial charge in [-0.2, -0.15) is 0 Å². The topological polar surface area (TPSA) is 74.6 Å². The van der Waals surface area contributed by atoms with E-state index in [0.29, 0.717) is 0 Å². The van der Waals surface area contributed by atoms with Crippen molar-refractivity contribution in [3.63, 3.8) is 0 Å². The number of carboxylic acids is 1. The molecule has 0 fully saturated rings. The third-order valence-corrected chi connectivity index (χ3v) is 2.48. The summed E-state index contributed by atoms with van der Waals surface area (Å²) in [5.74, 6) is -4.42. The molecule has 0 unspecified atom stereocenters. The van der Waals surface area contributed by atoms with Gasteiger partial charge in [0.15, 0.2) is 0 Å². The molecule has 15 heavy (non-hydrogen) atoms. The maximum atomic E-state index is 13.2. The summed E-state index contributed by atoms with van der Waals surface area (Å²) in [4.78, 5) is 21.6. The van der Waals surface area contributed by atoms with Gasteiger partial charge >= 0.3 is 5.97 Å². The SMILES string of the molecule is Cc1c(F)cc(Br)c(O)c1C(=O)C(=O)O. The minimum absolute atomic E-state index is 0.0600. The number of phenolic OH excluding ortho intramolecular Hbond substituents is 1. The zero-order chi connectivity index (χ0) is 11.7. The van der Waals surface area contributed by atoms with Crippen LogP contribution in [0.3, 0.4) is 0 Å². The van der Waals surface area contributed by atoms with Crippen molar-refractivity contribution in [1.29, 1.82) is 0 Å². The number of benzene rings is 1. The number of hydrogen-bond acceptors (Lipinski definition) is 3. The number of aliphatic carboxylic acids is 1. The van der Waals surface area contributed by atoms with Gasteiger partial charge in [0, 0.05) is 0 Å². The quantitative estimate of drug-likeness (QED) is 0.639. The van der Waals surface area contributed by atoms with E-state index in [-0.39, 0.29) is 10.0 Å². The Kier molecular flexibility index (Phi) is 3.09. The third kappa shape index (κ3) is 1.99. The number of carbonyl (C=O) groups excluding carboxylic acids is 1. The molecular formula is C9H6BrFO4. The molecule has 6 heteroatoms. The summed E-state index contributed by atoms with van der Waals surface area (Å²) in [5.41, 5.74) is -0.725. The third-order valence-electron chi connectivity index (χ3n) is 1.87. The van der Waals surface area contributed by atoms with E-state index >= 15 is 0 Å². The van der Waals surface area contributed by atoms with Crippen LogP contribution in [-0.4, -0.2) is 22.0 Å². The van der Waals surface area contributed by atoms with Gasteiger partial charge in [0.25, 0.3) is 5.78 Å².